The minimum absolute atomic E-state index is 0.231. The second-order valence-electron chi connectivity index (χ2n) is 6.01. The van der Waals surface area contributed by atoms with E-state index in [9.17, 15) is 9.59 Å². The van der Waals surface area contributed by atoms with Crippen molar-refractivity contribution in [3.05, 3.63) is 90.5 Å². The first-order chi connectivity index (χ1) is 13.2. The molecule has 0 spiro atoms. The minimum Gasteiger partial charge on any atom is -0.490 e. The second-order valence-corrected chi connectivity index (χ2v) is 6.01. The van der Waals surface area contributed by atoms with Crippen LogP contribution in [-0.4, -0.2) is 39.4 Å². The number of carbonyl (C=O) groups is 2. The number of imidazole rings is 1. The lowest BCUT2D eigenvalue weighted by molar-refractivity contribution is 0.0671. The van der Waals surface area contributed by atoms with Gasteiger partial charge >= 0.3 is 0 Å². The number of imide groups is 1. The molecule has 0 atom stereocenters. The molecule has 0 fully saturated rings. The van der Waals surface area contributed by atoms with E-state index in [1.165, 1.54) is 4.90 Å². The highest BCUT2D eigenvalue weighted by Crippen LogP contribution is 2.22. The molecule has 27 heavy (non-hydrogen) atoms. The van der Waals surface area contributed by atoms with Gasteiger partial charge < -0.3 is 9.30 Å². The van der Waals surface area contributed by atoms with Gasteiger partial charge in [-0.2, -0.15) is 0 Å². The Morgan fingerprint density at radius 2 is 1.63 bits per heavy atom. The second kappa shape index (κ2) is 7.29. The fourth-order valence-electron chi connectivity index (χ4n) is 2.92. The Morgan fingerprint density at radius 3 is 2.26 bits per heavy atom. The zero-order valence-corrected chi connectivity index (χ0v) is 14.5. The summed E-state index contributed by atoms with van der Waals surface area (Å²) >= 11 is 0. The molecule has 0 saturated heterocycles. The summed E-state index contributed by atoms with van der Waals surface area (Å²) in [4.78, 5) is 29.8. The van der Waals surface area contributed by atoms with Crippen molar-refractivity contribution >= 4 is 11.8 Å². The Hall–Kier alpha value is -3.67. The molecule has 0 saturated carbocycles. The summed E-state index contributed by atoms with van der Waals surface area (Å²) in [6, 6.07) is 14.5. The van der Waals surface area contributed by atoms with Crippen molar-refractivity contribution in [2.75, 3.05) is 13.2 Å². The van der Waals surface area contributed by atoms with Crippen LogP contribution in [-0.2, 0) is 0 Å². The highest BCUT2D eigenvalue weighted by atomic mass is 16.5. The van der Waals surface area contributed by atoms with Gasteiger partial charge in [-0.15, -0.1) is 0 Å². The van der Waals surface area contributed by atoms with E-state index in [4.69, 9.17) is 4.74 Å². The predicted octanol–water partition coefficient (Wildman–Crippen LogP) is 3.10. The van der Waals surface area contributed by atoms with Gasteiger partial charge in [0, 0.05) is 24.6 Å². The molecule has 0 bridgehead atoms. The summed E-state index contributed by atoms with van der Waals surface area (Å²) in [5, 5.41) is 0. The van der Waals surface area contributed by atoms with Gasteiger partial charge in [0.15, 0.2) is 0 Å². The van der Waals surface area contributed by atoms with E-state index in [0.29, 0.717) is 17.7 Å². The lowest BCUT2D eigenvalue weighted by atomic mass is 10.1. The van der Waals surface area contributed by atoms with E-state index in [-0.39, 0.29) is 18.4 Å². The fourth-order valence-corrected chi connectivity index (χ4v) is 2.92. The molecule has 2 heterocycles. The number of benzene rings is 2. The average Bonchev–Trinajstić information content (AvgIpc) is 3.32. The van der Waals surface area contributed by atoms with Crippen molar-refractivity contribution in [1.29, 1.82) is 0 Å². The monoisotopic (exact) mass is 359 g/mol. The van der Waals surface area contributed by atoms with Crippen LogP contribution in [0.5, 0.6) is 5.75 Å². The smallest absolute Gasteiger partial charge is 0.261 e. The molecule has 0 radical (unpaired) electrons. The molecule has 6 heteroatoms. The Labute approximate surface area is 156 Å². The summed E-state index contributed by atoms with van der Waals surface area (Å²) in [6.45, 7) is 0.586. The number of rotatable bonds is 6. The molecule has 2 amide bonds. The van der Waals surface area contributed by atoms with Crippen LogP contribution < -0.4 is 4.74 Å². The minimum atomic E-state index is -0.253. The van der Waals surface area contributed by atoms with E-state index < -0.39 is 0 Å². The van der Waals surface area contributed by atoms with Gasteiger partial charge in [-0.05, 0) is 42.5 Å². The number of ether oxygens (including phenoxy) is 1. The standard InChI is InChI=1S/C21H17N3O3/c25-20-18-5-1-2-6-19(18)21(26)24(20)12-3-4-14-27-17-9-7-16(8-10-17)23-13-11-22-15-23/h1-11,13,15H,12,14H2. The summed E-state index contributed by atoms with van der Waals surface area (Å²) in [7, 11) is 0. The molecule has 0 aliphatic carbocycles. The maximum Gasteiger partial charge on any atom is 0.261 e. The normalized spacial score (nSPS) is 13.4. The molecular weight excluding hydrogens is 342 g/mol. The number of hydrogen-bond donors (Lipinski definition) is 0. The Balaban J connectivity index is 1.29. The third-order valence-electron chi connectivity index (χ3n) is 4.32. The van der Waals surface area contributed by atoms with Crippen LogP contribution in [0.25, 0.3) is 5.69 Å². The van der Waals surface area contributed by atoms with Crippen LogP contribution in [0.3, 0.4) is 0 Å². The van der Waals surface area contributed by atoms with Crippen LogP contribution in [0.4, 0.5) is 0 Å². The summed E-state index contributed by atoms with van der Waals surface area (Å²) in [5.74, 6) is 0.233. The number of carbonyl (C=O) groups excluding carboxylic acids is 2. The van der Waals surface area contributed by atoms with Crippen molar-refractivity contribution in [2.45, 2.75) is 0 Å². The lowest BCUT2D eigenvalue weighted by Gasteiger charge is -2.10. The molecule has 2 aromatic carbocycles. The maximum absolute atomic E-state index is 12.3. The van der Waals surface area contributed by atoms with E-state index in [1.54, 1.807) is 48.9 Å². The number of aromatic nitrogens is 2. The van der Waals surface area contributed by atoms with Crippen molar-refractivity contribution < 1.29 is 14.3 Å². The fraction of sp³-hybridized carbons (Fsp3) is 0.0952. The predicted molar refractivity (Wildman–Crippen MR) is 100 cm³/mol. The van der Waals surface area contributed by atoms with Gasteiger partial charge in [-0.1, -0.05) is 18.2 Å². The van der Waals surface area contributed by atoms with E-state index >= 15 is 0 Å². The van der Waals surface area contributed by atoms with Gasteiger partial charge in [0.1, 0.15) is 12.4 Å². The Bertz CT molecular complexity index is 957. The molecule has 1 aromatic heterocycles. The number of hydrogen-bond acceptors (Lipinski definition) is 4. The lowest BCUT2D eigenvalue weighted by Crippen LogP contribution is -2.29. The van der Waals surface area contributed by atoms with Gasteiger partial charge in [0.05, 0.1) is 17.5 Å². The van der Waals surface area contributed by atoms with E-state index in [0.717, 1.165) is 11.4 Å². The largest absolute Gasteiger partial charge is 0.490 e. The summed E-state index contributed by atoms with van der Waals surface area (Å²) in [5.41, 5.74) is 1.93. The number of nitrogens with zero attached hydrogens (tertiary/aromatic N) is 3. The number of amides is 2. The SMILES string of the molecule is O=C1c2ccccc2C(=O)N1CC=CCOc1ccc(-n2ccnc2)cc1. The first-order valence-electron chi connectivity index (χ1n) is 8.55. The van der Waals surface area contributed by atoms with Gasteiger partial charge in [-0.25, -0.2) is 4.98 Å². The average molecular weight is 359 g/mol. The maximum atomic E-state index is 12.3. The molecule has 4 rings (SSSR count). The molecule has 6 nitrogen and oxygen atoms in total. The van der Waals surface area contributed by atoms with Crippen LogP contribution in [0.1, 0.15) is 20.7 Å². The molecule has 134 valence electrons. The van der Waals surface area contributed by atoms with Crippen molar-refractivity contribution in [3.63, 3.8) is 0 Å². The summed E-state index contributed by atoms with van der Waals surface area (Å²) < 4.78 is 7.57. The third-order valence-corrected chi connectivity index (χ3v) is 4.32. The van der Waals surface area contributed by atoms with Crippen LogP contribution in [0, 0.1) is 0 Å². The number of fused-ring (bicyclic) bond motifs is 1. The Kier molecular flexibility index (Phi) is 4.53. The third kappa shape index (κ3) is 3.37. The van der Waals surface area contributed by atoms with Crippen molar-refractivity contribution in [1.82, 2.24) is 14.5 Å². The first kappa shape index (κ1) is 16.8. The van der Waals surface area contributed by atoms with Crippen molar-refractivity contribution in [3.8, 4) is 11.4 Å². The van der Waals surface area contributed by atoms with Crippen LogP contribution >= 0.6 is 0 Å². The highest BCUT2D eigenvalue weighted by molar-refractivity contribution is 6.21. The van der Waals surface area contributed by atoms with Gasteiger partial charge in [0.25, 0.3) is 11.8 Å². The molecule has 0 unspecified atom stereocenters. The molecular formula is C21H17N3O3. The topological polar surface area (TPSA) is 64.4 Å². The molecule has 1 aliphatic rings. The highest BCUT2D eigenvalue weighted by Gasteiger charge is 2.33. The quantitative estimate of drug-likeness (QED) is 0.501. The molecule has 1 aliphatic heterocycles. The first-order valence-corrected chi connectivity index (χ1v) is 8.55. The van der Waals surface area contributed by atoms with E-state index in [1.807, 2.05) is 35.0 Å². The molecule has 3 aromatic rings. The van der Waals surface area contributed by atoms with Crippen LogP contribution in [0.2, 0.25) is 0 Å². The van der Waals surface area contributed by atoms with Gasteiger partial charge in [-0.3, -0.25) is 14.5 Å². The zero-order valence-electron chi connectivity index (χ0n) is 14.5. The van der Waals surface area contributed by atoms with E-state index in [2.05, 4.69) is 4.98 Å². The molecule has 0 N–H and O–H groups in total. The van der Waals surface area contributed by atoms with Gasteiger partial charge in [0.2, 0.25) is 0 Å². The van der Waals surface area contributed by atoms with Crippen molar-refractivity contribution in [2.24, 2.45) is 0 Å². The zero-order chi connectivity index (χ0) is 18.6. The summed E-state index contributed by atoms with van der Waals surface area (Å²) in [6.07, 6.45) is 8.90. The van der Waals surface area contributed by atoms with Crippen LogP contribution in [0.15, 0.2) is 79.4 Å². The Morgan fingerprint density at radius 1 is 0.926 bits per heavy atom.